The SMILES string of the molecule is CCCCCCCCCCCCCCCCCCCN/C=C/N. The summed E-state index contributed by atoms with van der Waals surface area (Å²) in [6.45, 7) is 3.35. The number of hydrogen-bond donors (Lipinski definition) is 2. The predicted octanol–water partition coefficient (Wildman–Crippen LogP) is 6.66. The van der Waals surface area contributed by atoms with Crippen LogP contribution in [0.4, 0.5) is 0 Å². The molecule has 0 aliphatic carbocycles. The lowest BCUT2D eigenvalue weighted by atomic mass is 10.0. The molecule has 0 radical (unpaired) electrons. The number of unbranched alkanes of at least 4 members (excludes halogenated alkanes) is 16. The van der Waals surface area contributed by atoms with Crippen molar-refractivity contribution in [3.63, 3.8) is 0 Å². The Balaban J connectivity index is 2.95. The minimum Gasteiger partial charge on any atom is -0.403 e. The second kappa shape index (κ2) is 21.3. The first kappa shape index (κ1) is 22.3. The van der Waals surface area contributed by atoms with E-state index in [0.717, 1.165) is 6.54 Å². The van der Waals surface area contributed by atoms with Gasteiger partial charge in [-0.1, -0.05) is 110 Å². The Morgan fingerprint density at radius 1 is 0.565 bits per heavy atom. The van der Waals surface area contributed by atoms with Gasteiger partial charge in [0, 0.05) is 18.9 Å². The Bertz CT molecular complexity index is 226. The lowest BCUT2D eigenvalue weighted by Crippen LogP contribution is -2.07. The second-order valence-electron chi connectivity index (χ2n) is 6.97. The Morgan fingerprint density at radius 3 is 1.26 bits per heavy atom. The molecule has 0 rings (SSSR count). The topological polar surface area (TPSA) is 38.0 Å². The van der Waals surface area contributed by atoms with Crippen molar-refractivity contribution < 1.29 is 0 Å². The molecule has 2 heteroatoms. The Morgan fingerprint density at radius 2 is 0.913 bits per heavy atom. The van der Waals surface area contributed by atoms with E-state index in [1.807, 2.05) is 6.20 Å². The normalized spacial score (nSPS) is 11.3. The van der Waals surface area contributed by atoms with Gasteiger partial charge in [0.2, 0.25) is 0 Å². The Kier molecular flexibility index (Phi) is 20.7. The molecule has 0 bridgehead atoms. The zero-order valence-electron chi connectivity index (χ0n) is 16.0. The lowest BCUT2D eigenvalue weighted by molar-refractivity contribution is 0.526. The first-order chi connectivity index (χ1) is 11.4. The molecule has 0 fully saturated rings. The van der Waals surface area contributed by atoms with Gasteiger partial charge in [-0.05, 0) is 6.42 Å². The highest BCUT2D eigenvalue weighted by Crippen LogP contribution is 2.13. The maximum Gasteiger partial charge on any atom is 0.0141 e. The van der Waals surface area contributed by atoms with Crippen LogP contribution in [0.2, 0.25) is 0 Å². The standard InChI is InChI=1S/C21H44N2/c1-2-3-4-5-6-7-8-9-10-11-12-13-14-15-16-17-18-20-23-21-19-22/h19,21,23H,2-18,20,22H2,1H3/b21-19+. The lowest BCUT2D eigenvalue weighted by Gasteiger charge is -2.04. The maximum atomic E-state index is 5.26. The van der Waals surface area contributed by atoms with Gasteiger partial charge in [0.15, 0.2) is 0 Å². The highest BCUT2D eigenvalue weighted by Gasteiger charge is 1.94. The van der Waals surface area contributed by atoms with E-state index in [1.165, 1.54) is 109 Å². The molecule has 0 spiro atoms. The van der Waals surface area contributed by atoms with Crippen LogP contribution in [-0.4, -0.2) is 6.54 Å². The van der Waals surface area contributed by atoms with E-state index in [4.69, 9.17) is 5.73 Å². The molecule has 0 saturated carbocycles. The molecule has 0 amide bonds. The van der Waals surface area contributed by atoms with Crippen molar-refractivity contribution in [3.05, 3.63) is 12.4 Å². The van der Waals surface area contributed by atoms with E-state index < -0.39 is 0 Å². The van der Waals surface area contributed by atoms with Crippen LogP contribution in [0, 0.1) is 0 Å². The Hall–Kier alpha value is -0.660. The average Bonchev–Trinajstić information content (AvgIpc) is 2.57. The summed E-state index contributed by atoms with van der Waals surface area (Å²) in [6, 6.07) is 0. The Labute approximate surface area is 146 Å². The zero-order valence-corrected chi connectivity index (χ0v) is 16.0. The number of rotatable bonds is 19. The van der Waals surface area contributed by atoms with E-state index in [1.54, 1.807) is 6.20 Å². The van der Waals surface area contributed by atoms with Crippen molar-refractivity contribution in [2.45, 2.75) is 116 Å². The fraction of sp³-hybridized carbons (Fsp3) is 0.905. The summed E-state index contributed by atoms with van der Waals surface area (Å²) in [6.07, 6.45) is 27.7. The van der Waals surface area contributed by atoms with Crippen LogP contribution < -0.4 is 11.1 Å². The first-order valence-corrected chi connectivity index (χ1v) is 10.5. The zero-order chi connectivity index (χ0) is 16.8. The molecule has 2 nitrogen and oxygen atoms in total. The summed E-state index contributed by atoms with van der Waals surface area (Å²) in [4.78, 5) is 0. The van der Waals surface area contributed by atoms with Gasteiger partial charge in [-0.3, -0.25) is 0 Å². The summed E-state index contributed by atoms with van der Waals surface area (Å²) < 4.78 is 0. The van der Waals surface area contributed by atoms with E-state index in [-0.39, 0.29) is 0 Å². The smallest absolute Gasteiger partial charge is 0.0141 e. The van der Waals surface area contributed by atoms with Crippen LogP contribution in [-0.2, 0) is 0 Å². The molecule has 0 unspecified atom stereocenters. The monoisotopic (exact) mass is 324 g/mol. The van der Waals surface area contributed by atoms with Crippen molar-refractivity contribution in [1.82, 2.24) is 5.32 Å². The average molecular weight is 325 g/mol. The van der Waals surface area contributed by atoms with E-state index in [9.17, 15) is 0 Å². The quantitative estimate of drug-likeness (QED) is 0.261. The van der Waals surface area contributed by atoms with Gasteiger partial charge >= 0.3 is 0 Å². The van der Waals surface area contributed by atoms with Crippen LogP contribution in [0.3, 0.4) is 0 Å². The third kappa shape index (κ3) is 21.3. The molecule has 0 heterocycles. The molecule has 0 aliphatic heterocycles. The van der Waals surface area contributed by atoms with Crippen LogP contribution in [0.15, 0.2) is 12.4 Å². The number of hydrogen-bond acceptors (Lipinski definition) is 2. The van der Waals surface area contributed by atoms with Gasteiger partial charge in [-0.2, -0.15) is 0 Å². The summed E-state index contributed by atoms with van der Waals surface area (Å²) in [5.74, 6) is 0. The molecular weight excluding hydrogens is 280 g/mol. The van der Waals surface area contributed by atoms with E-state index in [0.29, 0.717) is 0 Å². The number of nitrogens with one attached hydrogen (secondary N) is 1. The highest BCUT2D eigenvalue weighted by atomic mass is 14.8. The van der Waals surface area contributed by atoms with Crippen molar-refractivity contribution >= 4 is 0 Å². The fourth-order valence-electron chi connectivity index (χ4n) is 3.10. The molecule has 0 aliphatic rings. The second-order valence-corrected chi connectivity index (χ2v) is 6.97. The van der Waals surface area contributed by atoms with E-state index in [2.05, 4.69) is 12.2 Å². The highest BCUT2D eigenvalue weighted by molar-refractivity contribution is 4.71. The third-order valence-corrected chi connectivity index (χ3v) is 4.64. The van der Waals surface area contributed by atoms with Gasteiger partial charge in [0.1, 0.15) is 0 Å². The molecule has 0 aromatic rings. The first-order valence-electron chi connectivity index (χ1n) is 10.5. The van der Waals surface area contributed by atoms with Gasteiger partial charge in [0.05, 0.1) is 0 Å². The fourth-order valence-corrected chi connectivity index (χ4v) is 3.10. The molecule has 138 valence electrons. The van der Waals surface area contributed by atoms with Crippen molar-refractivity contribution in [2.24, 2.45) is 5.73 Å². The number of nitrogens with two attached hydrogens (primary N) is 1. The van der Waals surface area contributed by atoms with Gasteiger partial charge in [-0.15, -0.1) is 0 Å². The van der Waals surface area contributed by atoms with Crippen molar-refractivity contribution in [2.75, 3.05) is 6.54 Å². The van der Waals surface area contributed by atoms with Crippen molar-refractivity contribution in [3.8, 4) is 0 Å². The van der Waals surface area contributed by atoms with Crippen LogP contribution in [0.5, 0.6) is 0 Å². The van der Waals surface area contributed by atoms with Crippen LogP contribution in [0.1, 0.15) is 116 Å². The molecule has 0 saturated heterocycles. The van der Waals surface area contributed by atoms with Gasteiger partial charge in [0.25, 0.3) is 0 Å². The maximum absolute atomic E-state index is 5.26. The minimum absolute atomic E-state index is 1.06. The third-order valence-electron chi connectivity index (χ3n) is 4.64. The van der Waals surface area contributed by atoms with Crippen LogP contribution >= 0.6 is 0 Å². The molecule has 0 aromatic carbocycles. The predicted molar refractivity (Wildman–Crippen MR) is 105 cm³/mol. The van der Waals surface area contributed by atoms with Crippen LogP contribution in [0.25, 0.3) is 0 Å². The van der Waals surface area contributed by atoms with Gasteiger partial charge < -0.3 is 11.1 Å². The van der Waals surface area contributed by atoms with Crippen molar-refractivity contribution in [1.29, 1.82) is 0 Å². The largest absolute Gasteiger partial charge is 0.403 e. The molecule has 0 aromatic heterocycles. The molecule has 23 heavy (non-hydrogen) atoms. The summed E-state index contributed by atoms with van der Waals surface area (Å²) in [5.41, 5.74) is 5.26. The van der Waals surface area contributed by atoms with Gasteiger partial charge in [-0.25, -0.2) is 0 Å². The molecule has 3 N–H and O–H groups in total. The molecule has 0 atom stereocenters. The summed E-state index contributed by atoms with van der Waals surface area (Å²) in [5, 5.41) is 3.18. The minimum atomic E-state index is 1.06. The summed E-state index contributed by atoms with van der Waals surface area (Å²) >= 11 is 0. The summed E-state index contributed by atoms with van der Waals surface area (Å²) in [7, 11) is 0. The van der Waals surface area contributed by atoms with E-state index >= 15 is 0 Å². The molecular formula is C21H44N2.